The minimum Gasteiger partial charge on any atom is -0.377 e. The molecular formula is C16H21ClN2O2. The van der Waals surface area contributed by atoms with E-state index in [-0.39, 0.29) is 6.03 Å². The highest BCUT2D eigenvalue weighted by molar-refractivity contribution is 6.30. The number of anilines is 1. The van der Waals surface area contributed by atoms with E-state index >= 15 is 0 Å². The van der Waals surface area contributed by atoms with E-state index < -0.39 is 0 Å². The van der Waals surface area contributed by atoms with Crippen LogP contribution < -0.4 is 5.32 Å². The van der Waals surface area contributed by atoms with Gasteiger partial charge in [0.2, 0.25) is 0 Å². The summed E-state index contributed by atoms with van der Waals surface area (Å²) in [6.45, 7) is 6.50. The maximum Gasteiger partial charge on any atom is 0.321 e. The molecule has 4 nitrogen and oxygen atoms in total. The Morgan fingerprint density at radius 1 is 1.38 bits per heavy atom. The lowest BCUT2D eigenvalue weighted by atomic mass is 9.98. The molecule has 1 aromatic rings. The molecule has 21 heavy (non-hydrogen) atoms. The summed E-state index contributed by atoms with van der Waals surface area (Å²) in [5.74, 6) is 0.532. The number of piperidine rings is 1. The SMILES string of the molecule is C=CCOCC1CCN(C(=O)Nc2ccc(Cl)cc2)CC1. The van der Waals surface area contributed by atoms with E-state index in [1.807, 2.05) is 4.90 Å². The lowest BCUT2D eigenvalue weighted by Crippen LogP contribution is -2.41. The third kappa shape index (κ3) is 5.06. The van der Waals surface area contributed by atoms with Gasteiger partial charge < -0.3 is 15.0 Å². The minimum atomic E-state index is -0.0530. The molecule has 1 saturated heterocycles. The number of benzene rings is 1. The van der Waals surface area contributed by atoms with Crippen LogP contribution in [0.25, 0.3) is 0 Å². The molecule has 1 fully saturated rings. The number of nitrogens with one attached hydrogen (secondary N) is 1. The zero-order valence-corrected chi connectivity index (χ0v) is 12.8. The largest absolute Gasteiger partial charge is 0.377 e. The second-order valence-corrected chi connectivity index (χ2v) is 5.63. The summed E-state index contributed by atoms with van der Waals surface area (Å²) in [5, 5.41) is 3.55. The molecule has 0 spiro atoms. The summed E-state index contributed by atoms with van der Waals surface area (Å²) in [4.78, 5) is 14.0. The zero-order valence-electron chi connectivity index (χ0n) is 12.1. The van der Waals surface area contributed by atoms with Gasteiger partial charge in [0.1, 0.15) is 0 Å². The maximum absolute atomic E-state index is 12.2. The monoisotopic (exact) mass is 308 g/mol. The molecule has 0 aromatic heterocycles. The molecule has 1 aliphatic heterocycles. The fraction of sp³-hybridized carbons (Fsp3) is 0.438. The lowest BCUT2D eigenvalue weighted by Gasteiger charge is -2.31. The van der Waals surface area contributed by atoms with Crippen molar-refractivity contribution in [1.82, 2.24) is 4.90 Å². The highest BCUT2D eigenvalue weighted by atomic mass is 35.5. The van der Waals surface area contributed by atoms with Crippen LogP contribution in [0.4, 0.5) is 10.5 Å². The Hall–Kier alpha value is -1.52. The molecule has 2 amide bonds. The average Bonchev–Trinajstić information content (AvgIpc) is 2.50. The summed E-state index contributed by atoms with van der Waals surface area (Å²) in [6, 6.07) is 7.08. The van der Waals surface area contributed by atoms with Crippen LogP contribution in [0.15, 0.2) is 36.9 Å². The van der Waals surface area contributed by atoms with Crippen LogP contribution in [0.5, 0.6) is 0 Å². The molecule has 1 heterocycles. The van der Waals surface area contributed by atoms with E-state index in [0.29, 0.717) is 17.5 Å². The summed E-state index contributed by atoms with van der Waals surface area (Å²) < 4.78 is 5.48. The summed E-state index contributed by atoms with van der Waals surface area (Å²) >= 11 is 5.82. The van der Waals surface area contributed by atoms with Gasteiger partial charge in [-0.05, 0) is 43.0 Å². The van der Waals surface area contributed by atoms with Crippen molar-refractivity contribution in [1.29, 1.82) is 0 Å². The predicted molar refractivity (Wildman–Crippen MR) is 85.8 cm³/mol. The maximum atomic E-state index is 12.2. The highest BCUT2D eigenvalue weighted by Gasteiger charge is 2.22. The molecule has 0 atom stereocenters. The van der Waals surface area contributed by atoms with Crippen molar-refractivity contribution in [3.05, 3.63) is 41.9 Å². The predicted octanol–water partition coefficient (Wildman–Crippen LogP) is 3.79. The molecule has 0 bridgehead atoms. The zero-order chi connectivity index (χ0) is 15.1. The van der Waals surface area contributed by atoms with Crippen LogP contribution in [0.1, 0.15) is 12.8 Å². The van der Waals surface area contributed by atoms with Crippen LogP contribution in [0.2, 0.25) is 5.02 Å². The fourth-order valence-corrected chi connectivity index (χ4v) is 2.48. The van der Waals surface area contributed by atoms with Crippen molar-refractivity contribution in [2.75, 3.05) is 31.6 Å². The Bertz CT molecular complexity index is 468. The number of nitrogens with zero attached hydrogens (tertiary/aromatic N) is 1. The van der Waals surface area contributed by atoms with E-state index in [9.17, 15) is 4.79 Å². The molecule has 2 rings (SSSR count). The molecular weight excluding hydrogens is 288 g/mol. The Morgan fingerprint density at radius 2 is 2.05 bits per heavy atom. The first kappa shape index (κ1) is 15.9. The molecule has 5 heteroatoms. The van der Waals surface area contributed by atoms with Crippen molar-refractivity contribution in [3.8, 4) is 0 Å². The first-order valence-electron chi connectivity index (χ1n) is 7.19. The van der Waals surface area contributed by atoms with Gasteiger partial charge in [-0.2, -0.15) is 0 Å². The van der Waals surface area contributed by atoms with Gasteiger partial charge >= 0.3 is 6.03 Å². The van der Waals surface area contributed by atoms with Crippen LogP contribution in [0.3, 0.4) is 0 Å². The van der Waals surface area contributed by atoms with E-state index in [2.05, 4.69) is 11.9 Å². The molecule has 114 valence electrons. The summed E-state index contributed by atoms with van der Waals surface area (Å²) in [5.41, 5.74) is 0.765. The lowest BCUT2D eigenvalue weighted by molar-refractivity contribution is 0.0906. The quantitative estimate of drug-likeness (QED) is 0.664. The smallest absolute Gasteiger partial charge is 0.321 e. The number of amides is 2. The topological polar surface area (TPSA) is 41.6 Å². The number of urea groups is 1. The number of hydrogen-bond donors (Lipinski definition) is 1. The van der Waals surface area contributed by atoms with Crippen molar-refractivity contribution < 1.29 is 9.53 Å². The van der Waals surface area contributed by atoms with E-state index in [1.165, 1.54) is 0 Å². The number of carbonyl (C=O) groups is 1. The number of halogens is 1. The summed E-state index contributed by atoms with van der Waals surface area (Å²) in [6.07, 6.45) is 3.71. The third-order valence-corrected chi connectivity index (χ3v) is 3.84. The van der Waals surface area contributed by atoms with E-state index in [1.54, 1.807) is 30.3 Å². The van der Waals surface area contributed by atoms with Gasteiger partial charge in [-0.3, -0.25) is 0 Å². The van der Waals surface area contributed by atoms with Gasteiger partial charge in [0.25, 0.3) is 0 Å². The van der Waals surface area contributed by atoms with E-state index in [4.69, 9.17) is 16.3 Å². The van der Waals surface area contributed by atoms with Gasteiger partial charge in [0.05, 0.1) is 6.61 Å². The van der Waals surface area contributed by atoms with Gasteiger partial charge in [0, 0.05) is 30.4 Å². The van der Waals surface area contributed by atoms with Crippen LogP contribution >= 0.6 is 11.6 Å². The van der Waals surface area contributed by atoms with Gasteiger partial charge in [-0.1, -0.05) is 17.7 Å². The average molecular weight is 309 g/mol. The van der Waals surface area contributed by atoms with Gasteiger partial charge in [-0.15, -0.1) is 6.58 Å². The third-order valence-electron chi connectivity index (χ3n) is 3.59. The molecule has 1 N–H and O–H groups in total. The fourth-order valence-electron chi connectivity index (χ4n) is 2.36. The first-order chi connectivity index (χ1) is 10.2. The normalized spacial score (nSPS) is 15.8. The van der Waals surface area contributed by atoms with Crippen molar-refractivity contribution in [2.24, 2.45) is 5.92 Å². The van der Waals surface area contributed by atoms with Crippen LogP contribution in [0, 0.1) is 5.92 Å². The Kier molecular flexibility index (Phi) is 6.08. The Balaban J connectivity index is 1.75. The van der Waals surface area contributed by atoms with Crippen LogP contribution in [-0.4, -0.2) is 37.2 Å². The molecule has 0 saturated carbocycles. The van der Waals surface area contributed by atoms with Crippen LogP contribution in [-0.2, 0) is 4.74 Å². The van der Waals surface area contributed by atoms with Crippen molar-refractivity contribution in [3.63, 3.8) is 0 Å². The number of carbonyl (C=O) groups excluding carboxylic acids is 1. The van der Waals surface area contributed by atoms with Crippen molar-refractivity contribution >= 4 is 23.3 Å². The van der Waals surface area contributed by atoms with Gasteiger partial charge in [-0.25, -0.2) is 4.79 Å². The highest BCUT2D eigenvalue weighted by Crippen LogP contribution is 2.19. The van der Waals surface area contributed by atoms with Gasteiger partial charge in [0.15, 0.2) is 0 Å². The first-order valence-corrected chi connectivity index (χ1v) is 7.57. The molecule has 0 unspecified atom stereocenters. The molecule has 0 radical (unpaired) electrons. The number of hydrogen-bond acceptors (Lipinski definition) is 2. The number of likely N-dealkylation sites (tertiary alicyclic amines) is 1. The Labute approximate surface area is 130 Å². The Morgan fingerprint density at radius 3 is 2.67 bits per heavy atom. The second-order valence-electron chi connectivity index (χ2n) is 5.19. The molecule has 0 aliphatic carbocycles. The number of ether oxygens (including phenoxy) is 1. The number of rotatable bonds is 5. The second kappa shape index (κ2) is 8.05. The molecule has 1 aromatic carbocycles. The minimum absolute atomic E-state index is 0.0530. The molecule has 1 aliphatic rings. The van der Waals surface area contributed by atoms with E-state index in [0.717, 1.165) is 38.2 Å². The standard InChI is InChI=1S/C16H21ClN2O2/c1-2-11-21-12-13-7-9-19(10-8-13)16(20)18-15-5-3-14(17)4-6-15/h2-6,13H,1,7-12H2,(H,18,20). The van der Waals surface area contributed by atoms with Crippen molar-refractivity contribution in [2.45, 2.75) is 12.8 Å². The summed E-state index contributed by atoms with van der Waals surface area (Å²) in [7, 11) is 0.